The minimum atomic E-state index is -0.267. The number of hydrogen-bond acceptors (Lipinski definition) is 4. The van der Waals surface area contributed by atoms with E-state index in [1.54, 1.807) is 0 Å². The maximum Gasteiger partial charge on any atom is 0.308 e. The molecule has 0 aliphatic heterocycles. The van der Waals surface area contributed by atoms with Gasteiger partial charge in [-0.3, -0.25) is 9.59 Å². The Hall–Kier alpha value is -1.58. The minimum Gasteiger partial charge on any atom is -0.428 e. The summed E-state index contributed by atoms with van der Waals surface area (Å²) in [6.45, 7) is 4.28. The minimum absolute atomic E-state index is 0.242. The van der Waals surface area contributed by atoms with Gasteiger partial charge in [-0.05, 0) is 64.2 Å². The number of rotatable bonds is 32. The second-order valence-corrected chi connectivity index (χ2v) is 11.8. The van der Waals surface area contributed by atoms with E-state index in [0.29, 0.717) is 12.8 Å². The number of esters is 2. The largest absolute Gasteiger partial charge is 0.428 e. The molecule has 0 radical (unpaired) electrons. The van der Waals surface area contributed by atoms with Crippen molar-refractivity contribution in [2.75, 3.05) is 6.79 Å². The van der Waals surface area contributed by atoms with Crippen LogP contribution in [0.4, 0.5) is 0 Å². The van der Waals surface area contributed by atoms with E-state index in [-0.39, 0.29) is 18.7 Å². The highest BCUT2D eigenvalue weighted by Gasteiger charge is 2.06. The lowest BCUT2D eigenvalue weighted by Gasteiger charge is -2.06. The van der Waals surface area contributed by atoms with E-state index >= 15 is 0 Å². The molecule has 0 rings (SSSR count). The standard InChI is InChI=1S/C37H68O4/c1-3-5-7-9-11-13-15-17-19-21-23-25-27-29-31-33-36(38)40-35-41-37(39)34-32-30-28-26-24-22-20-18-16-14-12-10-8-6-4-2/h17-20H,3-16,21-35H2,1-2H3/b19-17-,20-18-. The first-order chi connectivity index (χ1) is 20.2. The molecule has 0 aromatic rings. The van der Waals surface area contributed by atoms with Crippen LogP contribution in [0.5, 0.6) is 0 Å². The summed E-state index contributed by atoms with van der Waals surface area (Å²) in [6.07, 6.45) is 42.3. The first-order valence-electron chi connectivity index (χ1n) is 17.8. The van der Waals surface area contributed by atoms with Crippen LogP contribution in [0.2, 0.25) is 0 Å². The van der Waals surface area contributed by atoms with Gasteiger partial charge in [-0.15, -0.1) is 0 Å². The maximum atomic E-state index is 11.8. The molecular weight excluding hydrogens is 508 g/mol. The van der Waals surface area contributed by atoms with Crippen LogP contribution in [-0.4, -0.2) is 18.7 Å². The molecule has 0 saturated carbocycles. The average molecular weight is 577 g/mol. The van der Waals surface area contributed by atoms with E-state index in [0.717, 1.165) is 38.5 Å². The molecule has 0 aromatic heterocycles. The molecule has 41 heavy (non-hydrogen) atoms. The Labute approximate surface area is 255 Å². The highest BCUT2D eigenvalue weighted by atomic mass is 16.7. The average Bonchev–Trinajstić information content (AvgIpc) is 2.97. The lowest BCUT2D eigenvalue weighted by atomic mass is 10.1. The number of ether oxygens (including phenoxy) is 2. The summed E-state index contributed by atoms with van der Waals surface area (Å²) >= 11 is 0. The van der Waals surface area contributed by atoms with Crippen molar-refractivity contribution in [3.05, 3.63) is 24.3 Å². The molecule has 0 heterocycles. The molecule has 0 saturated heterocycles. The van der Waals surface area contributed by atoms with Gasteiger partial charge in [0.2, 0.25) is 6.79 Å². The molecule has 0 aliphatic rings. The van der Waals surface area contributed by atoms with Gasteiger partial charge < -0.3 is 9.47 Å². The molecule has 0 bridgehead atoms. The van der Waals surface area contributed by atoms with Gasteiger partial charge >= 0.3 is 11.9 Å². The fourth-order valence-electron chi connectivity index (χ4n) is 4.99. The Kier molecular flexibility index (Phi) is 33.3. The number of allylic oxidation sites excluding steroid dienone is 4. The van der Waals surface area contributed by atoms with E-state index in [2.05, 4.69) is 38.2 Å². The molecule has 0 atom stereocenters. The predicted molar refractivity (Wildman–Crippen MR) is 176 cm³/mol. The van der Waals surface area contributed by atoms with Crippen LogP contribution < -0.4 is 0 Å². The Morgan fingerprint density at radius 3 is 0.976 bits per heavy atom. The molecule has 0 N–H and O–H groups in total. The van der Waals surface area contributed by atoms with Gasteiger partial charge in [0.25, 0.3) is 0 Å². The fourth-order valence-corrected chi connectivity index (χ4v) is 4.99. The topological polar surface area (TPSA) is 52.6 Å². The zero-order chi connectivity index (χ0) is 29.9. The van der Waals surface area contributed by atoms with Gasteiger partial charge in [0.1, 0.15) is 0 Å². The van der Waals surface area contributed by atoms with Crippen molar-refractivity contribution >= 4 is 11.9 Å². The Morgan fingerprint density at radius 2 is 0.659 bits per heavy atom. The van der Waals surface area contributed by atoms with Gasteiger partial charge in [-0.2, -0.15) is 0 Å². The Bertz CT molecular complexity index is 558. The third-order valence-corrected chi connectivity index (χ3v) is 7.73. The molecular formula is C37H68O4. The van der Waals surface area contributed by atoms with Crippen LogP contribution in [0.25, 0.3) is 0 Å². The van der Waals surface area contributed by atoms with E-state index < -0.39 is 0 Å². The highest BCUT2D eigenvalue weighted by molar-refractivity contribution is 5.70. The van der Waals surface area contributed by atoms with Crippen LogP contribution >= 0.6 is 0 Å². The first-order valence-corrected chi connectivity index (χ1v) is 17.8. The second kappa shape index (κ2) is 34.6. The zero-order valence-electron chi connectivity index (χ0n) is 27.4. The molecule has 4 nitrogen and oxygen atoms in total. The van der Waals surface area contributed by atoms with Crippen molar-refractivity contribution in [3.63, 3.8) is 0 Å². The maximum absolute atomic E-state index is 11.8. The predicted octanol–water partition coefficient (Wildman–Crippen LogP) is 12.1. The lowest BCUT2D eigenvalue weighted by molar-refractivity contribution is -0.167. The van der Waals surface area contributed by atoms with Crippen molar-refractivity contribution < 1.29 is 19.1 Å². The summed E-state index contributed by atoms with van der Waals surface area (Å²) in [6, 6.07) is 0. The van der Waals surface area contributed by atoms with Crippen LogP contribution in [0, 0.1) is 0 Å². The van der Waals surface area contributed by atoms with Crippen molar-refractivity contribution in [1.29, 1.82) is 0 Å². The van der Waals surface area contributed by atoms with Gasteiger partial charge in [0.05, 0.1) is 0 Å². The third kappa shape index (κ3) is 34.5. The van der Waals surface area contributed by atoms with E-state index in [4.69, 9.17) is 9.47 Å². The number of carbonyl (C=O) groups is 2. The van der Waals surface area contributed by atoms with Crippen molar-refractivity contribution in [2.24, 2.45) is 0 Å². The molecule has 0 fully saturated rings. The van der Waals surface area contributed by atoms with E-state index in [9.17, 15) is 9.59 Å². The van der Waals surface area contributed by atoms with Gasteiger partial charge in [-0.1, -0.05) is 141 Å². The first kappa shape index (κ1) is 39.4. The van der Waals surface area contributed by atoms with Crippen LogP contribution in [-0.2, 0) is 19.1 Å². The number of unbranched alkanes of at least 4 members (excludes halogenated alkanes) is 22. The summed E-state index contributed by atoms with van der Waals surface area (Å²) in [4.78, 5) is 23.7. The van der Waals surface area contributed by atoms with Crippen LogP contribution in [0.3, 0.4) is 0 Å². The molecule has 0 aromatic carbocycles. The monoisotopic (exact) mass is 577 g/mol. The summed E-state index contributed by atoms with van der Waals surface area (Å²) in [7, 11) is 0. The van der Waals surface area contributed by atoms with Crippen molar-refractivity contribution in [3.8, 4) is 0 Å². The smallest absolute Gasteiger partial charge is 0.308 e. The normalized spacial score (nSPS) is 11.6. The SMILES string of the molecule is CCCCCCCC/C=C\CCCCCCCC(=O)OCOC(=O)CCCCCCC/C=C\CCCCCCCC. The van der Waals surface area contributed by atoms with Crippen LogP contribution in [0.1, 0.15) is 194 Å². The number of hydrogen-bond donors (Lipinski definition) is 0. The second-order valence-electron chi connectivity index (χ2n) is 11.8. The van der Waals surface area contributed by atoms with Gasteiger partial charge in [0.15, 0.2) is 0 Å². The molecule has 0 aliphatic carbocycles. The van der Waals surface area contributed by atoms with Crippen LogP contribution in [0.15, 0.2) is 24.3 Å². The summed E-state index contributed by atoms with van der Waals surface area (Å²) in [5, 5.41) is 0. The number of carbonyl (C=O) groups excluding carboxylic acids is 2. The van der Waals surface area contributed by atoms with E-state index in [1.807, 2.05) is 0 Å². The highest BCUT2D eigenvalue weighted by Crippen LogP contribution is 2.12. The van der Waals surface area contributed by atoms with Crippen molar-refractivity contribution in [1.82, 2.24) is 0 Å². The zero-order valence-corrected chi connectivity index (χ0v) is 27.4. The summed E-state index contributed by atoms with van der Waals surface area (Å²) in [5.74, 6) is -0.534. The molecule has 240 valence electrons. The summed E-state index contributed by atoms with van der Waals surface area (Å²) < 4.78 is 10.1. The van der Waals surface area contributed by atoms with Crippen molar-refractivity contribution in [2.45, 2.75) is 194 Å². The fraction of sp³-hybridized carbons (Fsp3) is 0.838. The third-order valence-electron chi connectivity index (χ3n) is 7.73. The quantitative estimate of drug-likeness (QED) is 0.0346. The Balaban J connectivity index is 3.35. The van der Waals surface area contributed by atoms with Gasteiger partial charge in [-0.25, -0.2) is 0 Å². The molecule has 4 heteroatoms. The molecule has 0 amide bonds. The lowest BCUT2D eigenvalue weighted by Crippen LogP contribution is -2.12. The molecule has 0 spiro atoms. The Morgan fingerprint density at radius 1 is 0.390 bits per heavy atom. The van der Waals surface area contributed by atoms with Gasteiger partial charge in [0, 0.05) is 12.8 Å². The van der Waals surface area contributed by atoms with E-state index in [1.165, 1.54) is 128 Å². The summed E-state index contributed by atoms with van der Waals surface area (Å²) in [5.41, 5.74) is 0. The molecule has 0 unspecified atom stereocenters.